The van der Waals surface area contributed by atoms with Crippen molar-refractivity contribution in [3.8, 4) is 17.0 Å². The van der Waals surface area contributed by atoms with Crippen molar-refractivity contribution in [2.75, 3.05) is 13.7 Å². The van der Waals surface area contributed by atoms with Gasteiger partial charge in [-0.15, -0.1) is 0 Å². The highest BCUT2D eigenvalue weighted by Gasteiger charge is 2.23. The first-order valence-electron chi connectivity index (χ1n) is 7.31. The molecule has 0 fully saturated rings. The van der Waals surface area contributed by atoms with Crippen LogP contribution in [0.3, 0.4) is 0 Å². The Bertz CT molecular complexity index is 857. The molecule has 0 bridgehead atoms. The summed E-state index contributed by atoms with van der Waals surface area (Å²) in [5.74, 6) is 1.31. The summed E-state index contributed by atoms with van der Waals surface area (Å²) in [6.07, 6.45) is 0.830. The molecule has 0 aliphatic carbocycles. The Morgan fingerprint density at radius 3 is 2.74 bits per heavy atom. The van der Waals surface area contributed by atoms with Gasteiger partial charge in [0.2, 0.25) is 0 Å². The average molecular weight is 314 g/mol. The zero-order valence-corrected chi connectivity index (χ0v) is 13.3. The van der Waals surface area contributed by atoms with Crippen LogP contribution in [-0.2, 0) is 6.54 Å². The molecule has 0 amide bonds. The van der Waals surface area contributed by atoms with Crippen LogP contribution in [-0.4, -0.2) is 34.8 Å². The predicted molar refractivity (Wildman–Crippen MR) is 85.9 cm³/mol. The summed E-state index contributed by atoms with van der Waals surface area (Å²) >= 11 is 0. The maximum absolute atomic E-state index is 11.8. The van der Waals surface area contributed by atoms with E-state index in [2.05, 4.69) is 5.16 Å². The number of fused-ring (bicyclic) bond motifs is 1. The van der Waals surface area contributed by atoms with E-state index in [0.29, 0.717) is 35.0 Å². The highest BCUT2D eigenvalue weighted by atomic mass is 16.5. The third-order valence-electron chi connectivity index (χ3n) is 4.02. The minimum Gasteiger partial charge on any atom is -0.497 e. The highest BCUT2D eigenvalue weighted by Crippen LogP contribution is 2.37. The molecule has 1 aromatic carbocycles. The van der Waals surface area contributed by atoms with Crippen molar-refractivity contribution in [3.63, 3.8) is 0 Å². The molecule has 0 radical (unpaired) electrons. The van der Waals surface area contributed by atoms with Gasteiger partial charge in [-0.1, -0.05) is 5.16 Å². The van der Waals surface area contributed by atoms with Gasteiger partial charge in [0.25, 0.3) is 0 Å². The van der Waals surface area contributed by atoms with Crippen LogP contribution in [0, 0.1) is 13.8 Å². The molecule has 0 atom stereocenters. The largest absolute Gasteiger partial charge is 0.497 e. The summed E-state index contributed by atoms with van der Waals surface area (Å²) in [7, 11) is 1.58. The standard InChI is InChI=1S/C17H18N2O4/c1-10-16(11(2)23-18-10)17-14(9-21)13-8-12(22-3)4-5-15(13)19(17)6-7-20/h4-5,8-9,20H,6-7H2,1-3H3. The quantitative estimate of drug-likeness (QED) is 0.733. The molecule has 1 N–H and O–H groups in total. The summed E-state index contributed by atoms with van der Waals surface area (Å²) in [5.41, 5.74) is 3.61. The number of carbonyl (C=O) groups is 1. The first-order valence-corrected chi connectivity index (χ1v) is 7.31. The van der Waals surface area contributed by atoms with Crippen LogP contribution in [0.1, 0.15) is 21.8 Å². The molecule has 0 saturated carbocycles. The molecular formula is C17H18N2O4. The molecule has 2 heterocycles. The minimum atomic E-state index is -0.0372. The lowest BCUT2D eigenvalue weighted by Gasteiger charge is -2.09. The number of hydrogen-bond donors (Lipinski definition) is 1. The number of benzene rings is 1. The van der Waals surface area contributed by atoms with Crippen LogP contribution < -0.4 is 4.74 Å². The van der Waals surface area contributed by atoms with Gasteiger partial charge in [-0.3, -0.25) is 4.79 Å². The van der Waals surface area contributed by atoms with E-state index in [9.17, 15) is 9.90 Å². The zero-order chi connectivity index (χ0) is 16.6. The third-order valence-corrected chi connectivity index (χ3v) is 4.02. The van der Waals surface area contributed by atoms with Gasteiger partial charge in [-0.25, -0.2) is 0 Å². The molecule has 6 heteroatoms. The number of aryl methyl sites for hydroxylation is 2. The van der Waals surface area contributed by atoms with Gasteiger partial charge in [0, 0.05) is 23.0 Å². The van der Waals surface area contributed by atoms with E-state index in [4.69, 9.17) is 9.26 Å². The summed E-state index contributed by atoms with van der Waals surface area (Å²) < 4.78 is 12.4. The Morgan fingerprint density at radius 2 is 2.17 bits per heavy atom. The Hall–Kier alpha value is -2.60. The number of rotatable bonds is 5. The number of hydrogen-bond acceptors (Lipinski definition) is 5. The maximum Gasteiger partial charge on any atom is 0.152 e. The van der Waals surface area contributed by atoms with Crippen LogP contribution in [0.15, 0.2) is 22.7 Å². The van der Waals surface area contributed by atoms with E-state index in [1.807, 2.05) is 36.6 Å². The topological polar surface area (TPSA) is 77.5 Å². The second-order valence-corrected chi connectivity index (χ2v) is 5.34. The fourth-order valence-electron chi connectivity index (χ4n) is 3.03. The normalized spacial score (nSPS) is 11.1. The van der Waals surface area contributed by atoms with Crippen molar-refractivity contribution in [1.29, 1.82) is 0 Å². The van der Waals surface area contributed by atoms with Crippen LogP contribution in [0.25, 0.3) is 22.2 Å². The molecule has 0 spiro atoms. The van der Waals surface area contributed by atoms with Crippen LogP contribution in [0.5, 0.6) is 5.75 Å². The molecule has 3 rings (SSSR count). The summed E-state index contributed by atoms with van der Waals surface area (Å²) in [4.78, 5) is 11.8. The molecule has 2 aromatic heterocycles. The molecule has 6 nitrogen and oxygen atoms in total. The van der Waals surface area contributed by atoms with Gasteiger partial charge >= 0.3 is 0 Å². The second kappa shape index (κ2) is 5.89. The van der Waals surface area contributed by atoms with Crippen LogP contribution >= 0.6 is 0 Å². The van der Waals surface area contributed by atoms with E-state index in [0.717, 1.165) is 22.8 Å². The van der Waals surface area contributed by atoms with Gasteiger partial charge in [-0.2, -0.15) is 0 Å². The monoisotopic (exact) mass is 314 g/mol. The summed E-state index contributed by atoms with van der Waals surface area (Å²) in [6.45, 7) is 3.98. The molecule has 23 heavy (non-hydrogen) atoms. The lowest BCUT2D eigenvalue weighted by Crippen LogP contribution is -2.05. The number of aliphatic hydroxyl groups excluding tert-OH is 1. The van der Waals surface area contributed by atoms with E-state index < -0.39 is 0 Å². The number of nitrogens with zero attached hydrogens (tertiary/aromatic N) is 2. The molecule has 0 aliphatic rings. The van der Waals surface area contributed by atoms with E-state index in [-0.39, 0.29) is 6.61 Å². The molecule has 0 aliphatic heterocycles. The number of aliphatic hydroxyl groups is 1. The number of aromatic nitrogens is 2. The van der Waals surface area contributed by atoms with E-state index in [1.165, 1.54) is 0 Å². The van der Waals surface area contributed by atoms with Crippen LogP contribution in [0.2, 0.25) is 0 Å². The highest BCUT2D eigenvalue weighted by molar-refractivity contribution is 6.05. The number of aldehydes is 1. The molecule has 0 unspecified atom stereocenters. The van der Waals surface area contributed by atoms with Gasteiger partial charge < -0.3 is 18.9 Å². The summed E-state index contributed by atoms with van der Waals surface area (Å²) in [5, 5.41) is 14.2. The Balaban J connectivity index is 2.43. The minimum absolute atomic E-state index is 0.0372. The average Bonchev–Trinajstić information content (AvgIpc) is 3.04. The second-order valence-electron chi connectivity index (χ2n) is 5.34. The SMILES string of the molecule is COc1ccc2c(c1)c(C=O)c(-c1c(C)noc1C)n2CCO. The fraction of sp³-hybridized carbons (Fsp3) is 0.294. The first kappa shape index (κ1) is 15.3. The maximum atomic E-state index is 11.8. The van der Waals surface area contributed by atoms with Gasteiger partial charge in [0.05, 0.1) is 30.7 Å². The van der Waals surface area contributed by atoms with E-state index in [1.54, 1.807) is 7.11 Å². The lowest BCUT2D eigenvalue weighted by atomic mass is 10.0. The van der Waals surface area contributed by atoms with Crippen molar-refractivity contribution in [2.45, 2.75) is 20.4 Å². The smallest absolute Gasteiger partial charge is 0.152 e. The van der Waals surface area contributed by atoms with Crippen molar-refractivity contribution < 1.29 is 19.2 Å². The zero-order valence-electron chi connectivity index (χ0n) is 13.3. The third kappa shape index (κ3) is 2.31. The molecule has 120 valence electrons. The van der Waals surface area contributed by atoms with Gasteiger partial charge in [0.15, 0.2) is 6.29 Å². The van der Waals surface area contributed by atoms with Crippen molar-refractivity contribution >= 4 is 17.2 Å². The lowest BCUT2D eigenvalue weighted by molar-refractivity contribution is 0.112. The number of ether oxygens (including phenoxy) is 1. The molecule has 0 saturated heterocycles. The number of carbonyl (C=O) groups excluding carboxylic acids is 1. The molecule has 3 aromatic rings. The predicted octanol–water partition coefficient (Wildman–Crippen LogP) is 2.73. The Kier molecular flexibility index (Phi) is 3.92. The van der Waals surface area contributed by atoms with Gasteiger partial charge in [-0.05, 0) is 32.0 Å². The van der Waals surface area contributed by atoms with Crippen molar-refractivity contribution in [2.24, 2.45) is 0 Å². The van der Waals surface area contributed by atoms with Gasteiger partial charge in [0.1, 0.15) is 11.5 Å². The van der Waals surface area contributed by atoms with E-state index >= 15 is 0 Å². The number of methoxy groups -OCH3 is 1. The Morgan fingerprint density at radius 1 is 1.39 bits per heavy atom. The summed E-state index contributed by atoms with van der Waals surface area (Å²) in [6, 6.07) is 5.55. The van der Waals surface area contributed by atoms with Crippen molar-refractivity contribution in [1.82, 2.24) is 9.72 Å². The van der Waals surface area contributed by atoms with Crippen LogP contribution in [0.4, 0.5) is 0 Å². The van der Waals surface area contributed by atoms with Crippen molar-refractivity contribution in [3.05, 3.63) is 35.2 Å². The molecular weight excluding hydrogens is 296 g/mol. The fourth-order valence-corrected chi connectivity index (χ4v) is 3.03. The first-order chi connectivity index (χ1) is 11.1. The Labute approximate surface area is 133 Å².